The van der Waals surface area contributed by atoms with E-state index < -0.39 is 28.1 Å². The molecule has 2 aliphatic rings. The van der Waals surface area contributed by atoms with Gasteiger partial charge in [0.1, 0.15) is 19.4 Å². The van der Waals surface area contributed by atoms with Crippen molar-refractivity contribution in [2.75, 3.05) is 32.9 Å². The highest BCUT2D eigenvalue weighted by molar-refractivity contribution is 7.89. The van der Waals surface area contributed by atoms with Crippen LogP contribution in [0.1, 0.15) is 17.5 Å². The minimum atomic E-state index is -3.94. The molecule has 4 rings (SSSR count). The highest BCUT2D eigenvalue weighted by Crippen LogP contribution is 2.34. The van der Waals surface area contributed by atoms with E-state index in [4.69, 9.17) is 14.2 Å². The standard InChI is InChI=1S/C23H27N3O7S/c1-16-5-2-3-6-17(16)14-24-22(27)23(28)25-15-21-26(9-4-10-33-21)34(29,30)18-7-8-19-20(13-18)32-12-11-31-19/h2-3,5-8,13,21H,4,9-12,14-15H2,1H3,(H,24,27)(H,25,28)/t21-/m0/s1. The van der Waals surface area contributed by atoms with Crippen LogP contribution in [0.2, 0.25) is 0 Å². The molecule has 11 heteroatoms. The zero-order chi connectivity index (χ0) is 24.1. The van der Waals surface area contributed by atoms with Crippen LogP contribution in [0.3, 0.4) is 0 Å². The first-order valence-corrected chi connectivity index (χ1v) is 12.4. The largest absolute Gasteiger partial charge is 0.486 e. The van der Waals surface area contributed by atoms with Crippen molar-refractivity contribution in [2.24, 2.45) is 0 Å². The molecule has 2 amide bonds. The highest BCUT2D eigenvalue weighted by atomic mass is 32.2. The summed E-state index contributed by atoms with van der Waals surface area (Å²) in [5.74, 6) is -0.819. The van der Waals surface area contributed by atoms with Crippen molar-refractivity contribution in [3.8, 4) is 11.5 Å². The van der Waals surface area contributed by atoms with Gasteiger partial charge in [0.05, 0.1) is 18.0 Å². The topological polar surface area (TPSA) is 123 Å². The minimum Gasteiger partial charge on any atom is -0.486 e. The molecule has 34 heavy (non-hydrogen) atoms. The zero-order valence-corrected chi connectivity index (χ0v) is 19.6. The van der Waals surface area contributed by atoms with Crippen molar-refractivity contribution in [2.45, 2.75) is 31.0 Å². The first kappa shape index (κ1) is 24.0. The molecule has 0 unspecified atom stereocenters. The van der Waals surface area contributed by atoms with Crippen LogP contribution in [-0.2, 0) is 30.9 Å². The number of sulfonamides is 1. The Morgan fingerprint density at radius 3 is 2.53 bits per heavy atom. The number of carbonyl (C=O) groups is 2. The average molecular weight is 490 g/mol. The lowest BCUT2D eigenvalue weighted by Gasteiger charge is -2.34. The van der Waals surface area contributed by atoms with Gasteiger partial charge in [-0.15, -0.1) is 0 Å². The zero-order valence-electron chi connectivity index (χ0n) is 18.8. The number of nitrogens with zero attached hydrogens (tertiary/aromatic N) is 1. The molecule has 1 fully saturated rings. The quantitative estimate of drug-likeness (QED) is 0.579. The lowest BCUT2D eigenvalue weighted by Crippen LogP contribution is -2.53. The average Bonchev–Trinajstić information content (AvgIpc) is 2.86. The van der Waals surface area contributed by atoms with Gasteiger partial charge in [0.15, 0.2) is 11.5 Å². The molecule has 2 aromatic carbocycles. The number of rotatable bonds is 6. The van der Waals surface area contributed by atoms with Crippen LogP contribution >= 0.6 is 0 Å². The third-order valence-electron chi connectivity index (χ3n) is 5.62. The summed E-state index contributed by atoms with van der Waals surface area (Å²) in [6, 6.07) is 12.0. The smallest absolute Gasteiger partial charge is 0.309 e. The molecular formula is C23H27N3O7S. The minimum absolute atomic E-state index is 0.0366. The number of fused-ring (bicyclic) bond motifs is 1. The molecule has 2 aliphatic heterocycles. The van der Waals surface area contributed by atoms with Crippen LogP contribution in [0.4, 0.5) is 0 Å². The summed E-state index contributed by atoms with van der Waals surface area (Å²) in [6.07, 6.45) is -0.439. The van der Waals surface area contributed by atoms with Gasteiger partial charge in [0, 0.05) is 19.2 Å². The summed E-state index contributed by atoms with van der Waals surface area (Å²) >= 11 is 0. The number of hydrogen-bond acceptors (Lipinski definition) is 7. The first-order valence-electron chi connectivity index (χ1n) is 11.0. The molecule has 2 aromatic rings. The van der Waals surface area contributed by atoms with E-state index in [0.29, 0.717) is 37.7 Å². The van der Waals surface area contributed by atoms with Crippen molar-refractivity contribution in [1.29, 1.82) is 0 Å². The van der Waals surface area contributed by atoms with Crippen LogP contribution in [0.5, 0.6) is 11.5 Å². The molecule has 0 radical (unpaired) electrons. The van der Waals surface area contributed by atoms with Crippen LogP contribution < -0.4 is 20.1 Å². The van der Waals surface area contributed by atoms with E-state index in [1.165, 1.54) is 16.4 Å². The molecule has 10 nitrogen and oxygen atoms in total. The predicted octanol–water partition coefficient (Wildman–Crippen LogP) is 0.936. The Labute approximate surface area is 198 Å². The molecule has 0 bridgehead atoms. The van der Waals surface area contributed by atoms with Gasteiger partial charge in [-0.1, -0.05) is 24.3 Å². The lowest BCUT2D eigenvalue weighted by atomic mass is 10.1. The van der Waals surface area contributed by atoms with Gasteiger partial charge >= 0.3 is 11.8 Å². The third kappa shape index (κ3) is 5.32. The third-order valence-corrected chi connectivity index (χ3v) is 7.50. The highest BCUT2D eigenvalue weighted by Gasteiger charge is 2.35. The van der Waals surface area contributed by atoms with E-state index >= 15 is 0 Å². The number of hydrogen-bond donors (Lipinski definition) is 2. The number of amides is 2. The number of nitrogens with one attached hydrogen (secondary N) is 2. The van der Waals surface area contributed by atoms with Gasteiger partial charge in [-0.05, 0) is 36.6 Å². The lowest BCUT2D eigenvalue weighted by molar-refractivity contribution is -0.140. The number of aryl methyl sites for hydroxylation is 1. The van der Waals surface area contributed by atoms with Crippen LogP contribution in [0, 0.1) is 6.92 Å². The van der Waals surface area contributed by atoms with E-state index in [1.807, 2.05) is 31.2 Å². The first-order chi connectivity index (χ1) is 16.4. The summed E-state index contributed by atoms with van der Waals surface area (Å²) in [4.78, 5) is 24.6. The van der Waals surface area contributed by atoms with Gasteiger partial charge in [0.25, 0.3) is 0 Å². The predicted molar refractivity (Wildman–Crippen MR) is 122 cm³/mol. The Balaban J connectivity index is 1.38. The van der Waals surface area contributed by atoms with Crippen molar-refractivity contribution in [3.05, 3.63) is 53.6 Å². The second kappa shape index (κ2) is 10.4. The summed E-state index contributed by atoms with van der Waals surface area (Å²) in [6.45, 7) is 3.26. The van der Waals surface area contributed by atoms with Crippen LogP contribution in [0.25, 0.3) is 0 Å². The molecule has 2 N–H and O–H groups in total. The molecule has 2 heterocycles. The molecule has 0 spiro atoms. The number of carbonyl (C=O) groups excluding carboxylic acids is 2. The van der Waals surface area contributed by atoms with Crippen molar-refractivity contribution >= 4 is 21.8 Å². The molecule has 182 valence electrons. The second-order valence-corrected chi connectivity index (χ2v) is 9.81. The maximum absolute atomic E-state index is 13.3. The summed E-state index contributed by atoms with van der Waals surface area (Å²) in [7, 11) is -3.94. The molecule has 0 saturated carbocycles. The molecular weight excluding hydrogens is 462 g/mol. The Morgan fingerprint density at radius 1 is 1.00 bits per heavy atom. The Kier molecular flexibility index (Phi) is 7.35. The van der Waals surface area contributed by atoms with Gasteiger partial charge in [-0.3, -0.25) is 9.59 Å². The number of ether oxygens (including phenoxy) is 3. The summed E-state index contributed by atoms with van der Waals surface area (Å²) in [5.41, 5.74) is 1.90. The fraction of sp³-hybridized carbons (Fsp3) is 0.391. The summed E-state index contributed by atoms with van der Waals surface area (Å²) < 4.78 is 44.4. The normalized spacial score (nSPS) is 18.2. The van der Waals surface area contributed by atoms with Crippen molar-refractivity contribution in [1.82, 2.24) is 14.9 Å². The monoisotopic (exact) mass is 489 g/mol. The molecule has 0 aromatic heterocycles. The fourth-order valence-electron chi connectivity index (χ4n) is 3.75. The maximum atomic E-state index is 13.3. The Hall–Kier alpha value is -3.15. The number of benzene rings is 2. The van der Waals surface area contributed by atoms with Crippen molar-refractivity contribution in [3.63, 3.8) is 0 Å². The molecule has 1 saturated heterocycles. The van der Waals surface area contributed by atoms with Gasteiger partial charge < -0.3 is 24.8 Å². The van der Waals surface area contributed by atoms with E-state index in [2.05, 4.69) is 10.6 Å². The van der Waals surface area contributed by atoms with Gasteiger partial charge in [-0.2, -0.15) is 4.31 Å². The second-order valence-electron chi connectivity index (χ2n) is 7.92. The molecule has 1 atom stereocenters. The summed E-state index contributed by atoms with van der Waals surface area (Å²) in [5, 5.41) is 5.05. The van der Waals surface area contributed by atoms with E-state index in [0.717, 1.165) is 11.1 Å². The Morgan fingerprint density at radius 2 is 1.74 bits per heavy atom. The van der Waals surface area contributed by atoms with Gasteiger partial charge in [-0.25, -0.2) is 8.42 Å². The van der Waals surface area contributed by atoms with E-state index in [-0.39, 0.29) is 24.5 Å². The van der Waals surface area contributed by atoms with Crippen LogP contribution in [-0.4, -0.2) is 63.7 Å². The van der Waals surface area contributed by atoms with E-state index in [1.54, 1.807) is 6.07 Å². The molecule has 0 aliphatic carbocycles. The Bertz CT molecular complexity index is 1170. The fourth-order valence-corrected chi connectivity index (χ4v) is 5.33. The van der Waals surface area contributed by atoms with E-state index in [9.17, 15) is 18.0 Å². The SMILES string of the molecule is Cc1ccccc1CNC(=O)C(=O)NC[C@@H]1OCCCN1S(=O)(=O)c1ccc2c(c1)OCCO2. The van der Waals surface area contributed by atoms with Crippen molar-refractivity contribution < 1.29 is 32.2 Å². The maximum Gasteiger partial charge on any atom is 0.309 e. The van der Waals surface area contributed by atoms with Gasteiger partial charge in [0.2, 0.25) is 10.0 Å². The van der Waals surface area contributed by atoms with Crippen LogP contribution in [0.15, 0.2) is 47.4 Å².